The lowest BCUT2D eigenvalue weighted by atomic mass is 10.1. The Hall–Kier alpha value is -2.14. The van der Waals surface area contributed by atoms with Gasteiger partial charge in [0.25, 0.3) is 5.78 Å². The minimum Gasteiger partial charge on any atom is -0.325 e. The van der Waals surface area contributed by atoms with E-state index in [1.54, 1.807) is 0 Å². The van der Waals surface area contributed by atoms with Crippen molar-refractivity contribution in [1.29, 1.82) is 0 Å². The van der Waals surface area contributed by atoms with E-state index in [9.17, 15) is 0 Å². The van der Waals surface area contributed by atoms with Crippen LogP contribution in [0.3, 0.4) is 0 Å². The number of nitrogens with one attached hydrogen (secondary N) is 1. The van der Waals surface area contributed by atoms with E-state index in [4.69, 9.17) is 5.73 Å². The third-order valence-electron chi connectivity index (χ3n) is 3.04. The molecule has 0 aliphatic carbocycles. The quantitative estimate of drug-likeness (QED) is 0.728. The molecule has 0 spiro atoms. The molecule has 0 saturated heterocycles. The summed E-state index contributed by atoms with van der Waals surface area (Å²) in [5.41, 5.74) is 8.85. The monoisotopic (exact) mass is 241 g/mol. The predicted molar refractivity (Wildman–Crippen MR) is 69.2 cm³/mol. The summed E-state index contributed by atoms with van der Waals surface area (Å²) in [6, 6.07) is 10.2. The first kappa shape index (κ1) is 11.0. The molecule has 0 radical (unpaired) electrons. The zero-order valence-corrected chi connectivity index (χ0v) is 10.2. The van der Waals surface area contributed by atoms with Gasteiger partial charge in [0.1, 0.15) is 5.82 Å². The number of fused-ring (bicyclic) bond motifs is 1. The Kier molecular flexibility index (Phi) is 2.60. The van der Waals surface area contributed by atoms with Gasteiger partial charge in [-0.25, -0.2) is 9.50 Å². The maximum atomic E-state index is 5.71. The largest absolute Gasteiger partial charge is 0.325 e. The van der Waals surface area contributed by atoms with Gasteiger partial charge in [-0.1, -0.05) is 30.3 Å². The molecule has 0 unspecified atom stereocenters. The molecule has 18 heavy (non-hydrogen) atoms. The van der Waals surface area contributed by atoms with Crippen LogP contribution in [-0.4, -0.2) is 19.6 Å². The van der Waals surface area contributed by atoms with Gasteiger partial charge < -0.3 is 5.73 Å². The molecule has 3 aromatic rings. The summed E-state index contributed by atoms with van der Waals surface area (Å²) in [5, 5.41) is 3.25. The lowest BCUT2D eigenvalue weighted by Gasteiger charge is -1.98. The van der Waals surface area contributed by atoms with Crippen LogP contribution in [0.1, 0.15) is 22.8 Å². The minimum atomic E-state index is 0.458. The van der Waals surface area contributed by atoms with Gasteiger partial charge in [-0.2, -0.15) is 4.98 Å². The van der Waals surface area contributed by atoms with Crippen molar-refractivity contribution in [3.63, 3.8) is 0 Å². The van der Waals surface area contributed by atoms with E-state index in [0.29, 0.717) is 12.3 Å². The van der Waals surface area contributed by atoms with E-state index in [1.807, 2.05) is 29.6 Å². The van der Waals surface area contributed by atoms with Gasteiger partial charge in [0.05, 0.1) is 11.4 Å². The van der Waals surface area contributed by atoms with Gasteiger partial charge in [-0.3, -0.25) is 5.10 Å². The number of benzene rings is 1. The van der Waals surface area contributed by atoms with E-state index in [0.717, 1.165) is 23.6 Å². The average Bonchev–Trinajstić information content (AvgIpc) is 2.86. The number of rotatable bonds is 3. The molecule has 0 bridgehead atoms. The smallest absolute Gasteiger partial charge is 0.251 e. The van der Waals surface area contributed by atoms with E-state index in [2.05, 4.69) is 27.2 Å². The van der Waals surface area contributed by atoms with E-state index < -0.39 is 0 Å². The first-order chi connectivity index (χ1) is 8.78. The highest BCUT2D eigenvalue weighted by molar-refractivity contribution is 5.35. The van der Waals surface area contributed by atoms with E-state index in [1.165, 1.54) is 5.56 Å². The molecule has 0 aliphatic rings. The van der Waals surface area contributed by atoms with E-state index in [-0.39, 0.29) is 0 Å². The maximum Gasteiger partial charge on any atom is 0.251 e. The number of aromatic amines is 1. The van der Waals surface area contributed by atoms with Gasteiger partial charge in [-0.15, -0.1) is 0 Å². The van der Waals surface area contributed by atoms with Crippen LogP contribution >= 0.6 is 0 Å². The van der Waals surface area contributed by atoms with Crippen LogP contribution in [0.4, 0.5) is 0 Å². The SMILES string of the molecule is Cc1nc2nc(Cc3ccccc3)[nH]n2c1CN. The van der Waals surface area contributed by atoms with Crippen molar-refractivity contribution in [2.24, 2.45) is 5.73 Å². The first-order valence-electron chi connectivity index (χ1n) is 5.94. The molecule has 2 aromatic heterocycles. The molecule has 0 fully saturated rings. The van der Waals surface area contributed by atoms with Crippen molar-refractivity contribution < 1.29 is 0 Å². The lowest BCUT2D eigenvalue weighted by molar-refractivity contribution is 0.829. The summed E-state index contributed by atoms with van der Waals surface area (Å²) in [4.78, 5) is 8.87. The summed E-state index contributed by atoms with van der Waals surface area (Å²) < 4.78 is 1.87. The molecule has 5 nitrogen and oxygen atoms in total. The summed E-state index contributed by atoms with van der Waals surface area (Å²) in [6.45, 7) is 2.40. The van der Waals surface area contributed by atoms with Gasteiger partial charge in [0, 0.05) is 13.0 Å². The van der Waals surface area contributed by atoms with Crippen LogP contribution in [0.15, 0.2) is 30.3 Å². The molecule has 5 heteroatoms. The number of nitrogens with zero attached hydrogens (tertiary/aromatic N) is 3. The Morgan fingerprint density at radius 1 is 1.22 bits per heavy atom. The van der Waals surface area contributed by atoms with Crippen molar-refractivity contribution in [3.05, 3.63) is 53.1 Å². The number of imidazole rings is 1. The topological polar surface area (TPSA) is 72.0 Å². The predicted octanol–water partition coefficient (Wildman–Crippen LogP) is 1.42. The highest BCUT2D eigenvalue weighted by Crippen LogP contribution is 2.11. The first-order valence-corrected chi connectivity index (χ1v) is 5.94. The summed E-state index contributed by atoms with van der Waals surface area (Å²) in [6.07, 6.45) is 0.771. The number of H-pyrrole nitrogens is 1. The highest BCUT2D eigenvalue weighted by atomic mass is 15.3. The number of hydrogen-bond acceptors (Lipinski definition) is 3. The zero-order valence-electron chi connectivity index (χ0n) is 10.2. The molecule has 3 N–H and O–H groups in total. The zero-order chi connectivity index (χ0) is 12.5. The lowest BCUT2D eigenvalue weighted by Crippen LogP contribution is -2.03. The van der Waals surface area contributed by atoms with Crippen LogP contribution < -0.4 is 5.73 Å². The van der Waals surface area contributed by atoms with Crippen molar-refractivity contribution in [2.45, 2.75) is 19.9 Å². The van der Waals surface area contributed by atoms with Gasteiger partial charge in [0.15, 0.2) is 0 Å². The van der Waals surface area contributed by atoms with Crippen LogP contribution in [0.5, 0.6) is 0 Å². The van der Waals surface area contributed by atoms with Gasteiger partial charge in [-0.05, 0) is 12.5 Å². The Morgan fingerprint density at radius 2 is 2.00 bits per heavy atom. The van der Waals surface area contributed by atoms with Gasteiger partial charge >= 0.3 is 0 Å². The van der Waals surface area contributed by atoms with Gasteiger partial charge in [0.2, 0.25) is 0 Å². The second kappa shape index (κ2) is 4.27. The summed E-state index contributed by atoms with van der Waals surface area (Å²) >= 11 is 0. The van der Waals surface area contributed by atoms with E-state index >= 15 is 0 Å². The number of aryl methyl sites for hydroxylation is 1. The molecule has 2 heterocycles. The molecule has 0 aliphatic heterocycles. The fourth-order valence-electron chi connectivity index (χ4n) is 2.12. The normalized spacial score (nSPS) is 11.2. The molecule has 0 atom stereocenters. The van der Waals surface area contributed by atoms with Crippen molar-refractivity contribution >= 4 is 5.78 Å². The Morgan fingerprint density at radius 3 is 2.72 bits per heavy atom. The maximum absolute atomic E-state index is 5.71. The third kappa shape index (κ3) is 1.78. The molecule has 3 rings (SSSR count). The molecule has 0 saturated carbocycles. The standard InChI is InChI=1S/C13H15N5/c1-9-11(8-14)18-13(15-9)16-12(17-18)7-10-5-3-2-4-6-10/h2-6H,7-8,14H2,1H3,(H,15,16,17). The van der Waals surface area contributed by atoms with Crippen molar-refractivity contribution in [3.8, 4) is 0 Å². The fraction of sp³-hybridized carbons (Fsp3) is 0.231. The number of hydrogen-bond donors (Lipinski definition) is 2. The third-order valence-corrected chi connectivity index (χ3v) is 3.04. The number of nitrogens with two attached hydrogens (primary N) is 1. The molecule has 1 aromatic carbocycles. The Labute approximate surface area is 105 Å². The highest BCUT2D eigenvalue weighted by Gasteiger charge is 2.11. The second-order valence-electron chi connectivity index (χ2n) is 4.32. The molecular formula is C13H15N5. The van der Waals surface area contributed by atoms with Crippen LogP contribution in [0.25, 0.3) is 5.78 Å². The average molecular weight is 241 g/mol. The van der Waals surface area contributed by atoms with Crippen LogP contribution in [0.2, 0.25) is 0 Å². The van der Waals surface area contributed by atoms with Crippen LogP contribution in [-0.2, 0) is 13.0 Å². The fourth-order valence-corrected chi connectivity index (χ4v) is 2.12. The Balaban J connectivity index is 1.97. The molecule has 92 valence electrons. The Bertz CT molecular complexity index is 665. The minimum absolute atomic E-state index is 0.458. The van der Waals surface area contributed by atoms with Crippen molar-refractivity contribution in [2.75, 3.05) is 0 Å². The summed E-state index contributed by atoms with van der Waals surface area (Å²) in [7, 11) is 0. The molecule has 0 amide bonds. The van der Waals surface area contributed by atoms with Crippen LogP contribution in [0, 0.1) is 6.92 Å². The second-order valence-corrected chi connectivity index (χ2v) is 4.32. The number of aromatic nitrogens is 4. The molecular weight excluding hydrogens is 226 g/mol. The summed E-state index contributed by atoms with van der Waals surface area (Å²) in [5.74, 6) is 1.59. The van der Waals surface area contributed by atoms with Crippen molar-refractivity contribution in [1.82, 2.24) is 19.6 Å².